The van der Waals surface area contributed by atoms with E-state index in [1.807, 2.05) is 25.3 Å². The van der Waals surface area contributed by atoms with Gasteiger partial charge in [-0.25, -0.2) is 12.7 Å². The highest BCUT2D eigenvalue weighted by atomic mass is 32.2. The van der Waals surface area contributed by atoms with Crippen LogP contribution in [0.4, 0.5) is 0 Å². The topological polar surface area (TPSA) is 97.2 Å². The second-order valence-electron chi connectivity index (χ2n) is 6.90. The fourth-order valence-electron chi connectivity index (χ4n) is 2.90. The number of amides is 1. The Morgan fingerprint density at radius 3 is 2.62 bits per heavy atom. The van der Waals surface area contributed by atoms with Gasteiger partial charge in [0.25, 0.3) is 0 Å². The summed E-state index contributed by atoms with van der Waals surface area (Å²) in [5.74, 6) is 0.861. The molecular formula is C19H29N5O3S2. The molecule has 1 aromatic carbocycles. The van der Waals surface area contributed by atoms with Crippen LogP contribution in [0.3, 0.4) is 0 Å². The van der Waals surface area contributed by atoms with E-state index in [-0.39, 0.29) is 11.7 Å². The van der Waals surface area contributed by atoms with Gasteiger partial charge in [0, 0.05) is 19.6 Å². The highest BCUT2D eigenvalue weighted by Gasteiger charge is 2.16. The molecule has 0 radical (unpaired) electrons. The van der Waals surface area contributed by atoms with Gasteiger partial charge >= 0.3 is 0 Å². The number of hydrogen-bond acceptors (Lipinski definition) is 6. The highest BCUT2D eigenvalue weighted by molar-refractivity contribution is 7.99. The lowest BCUT2D eigenvalue weighted by atomic mass is 10.1. The maximum atomic E-state index is 12.2. The van der Waals surface area contributed by atoms with Crippen molar-refractivity contribution in [1.82, 2.24) is 24.4 Å². The Bertz CT molecular complexity index is 957. The van der Waals surface area contributed by atoms with Crippen LogP contribution in [-0.4, -0.2) is 65.0 Å². The number of nitrogens with one attached hydrogen (secondary N) is 1. The van der Waals surface area contributed by atoms with Crippen molar-refractivity contribution < 1.29 is 13.2 Å². The summed E-state index contributed by atoms with van der Waals surface area (Å²) in [5, 5.41) is 11.9. The number of rotatable bonds is 10. The van der Waals surface area contributed by atoms with Gasteiger partial charge in [0.15, 0.2) is 5.16 Å². The van der Waals surface area contributed by atoms with Crippen LogP contribution in [0, 0.1) is 20.8 Å². The number of carbonyl (C=O) groups excluding carboxylic acids is 1. The number of benzene rings is 1. The van der Waals surface area contributed by atoms with E-state index >= 15 is 0 Å². The summed E-state index contributed by atoms with van der Waals surface area (Å²) >= 11 is 1.33. The Morgan fingerprint density at radius 1 is 1.24 bits per heavy atom. The van der Waals surface area contributed by atoms with Crippen molar-refractivity contribution in [3.05, 3.63) is 35.2 Å². The fraction of sp³-hybridized carbons (Fsp3) is 0.526. The molecule has 10 heteroatoms. The Morgan fingerprint density at radius 2 is 1.97 bits per heavy atom. The molecule has 1 heterocycles. The number of hydrogen-bond donors (Lipinski definition) is 1. The molecule has 0 spiro atoms. The molecule has 8 nitrogen and oxygen atoms in total. The number of aryl methyl sites for hydroxylation is 3. The molecule has 0 saturated carbocycles. The minimum absolute atomic E-state index is 0.120. The van der Waals surface area contributed by atoms with Gasteiger partial charge in [0.2, 0.25) is 15.9 Å². The third-order valence-corrected chi connectivity index (χ3v) is 6.77. The summed E-state index contributed by atoms with van der Waals surface area (Å²) < 4.78 is 26.5. The van der Waals surface area contributed by atoms with Crippen LogP contribution in [0.15, 0.2) is 23.4 Å². The first-order valence-corrected chi connectivity index (χ1v) is 12.3. The number of nitrogens with zero attached hydrogens (tertiary/aromatic N) is 4. The lowest BCUT2D eigenvalue weighted by Gasteiger charge is -2.17. The van der Waals surface area contributed by atoms with Crippen molar-refractivity contribution in [1.29, 1.82) is 0 Å². The molecular weight excluding hydrogens is 410 g/mol. The molecule has 0 unspecified atom stereocenters. The zero-order chi connectivity index (χ0) is 21.6. The normalized spacial score (nSPS) is 11.8. The fourth-order valence-corrected chi connectivity index (χ4v) is 4.65. The predicted molar refractivity (Wildman–Crippen MR) is 116 cm³/mol. The summed E-state index contributed by atoms with van der Waals surface area (Å²) in [5.41, 5.74) is 3.26. The SMILES string of the molecule is CCN(CCCNC(=O)CSc1nnc(C)n1-c1cc(C)ccc1C)S(C)(=O)=O. The van der Waals surface area contributed by atoms with Gasteiger partial charge in [-0.2, -0.15) is 0 Å². The molecule has 29 heavy (non-hydrogen) atoms. The molecule has 0 atom stereocenters. The summed E-state index contributed by atoms with van der Waals surface area (Å²) in [4.78, 5) is 12.2. The number of carbonyl (C=O) groups is 1. The van der Waals surface area contributed by atoms with E-state index in [1.54, 1.807) is 6.92 Å². The van der Waals surface area contributed by atoms with Gasteiger partial charge in [-0.1, -0.05) is 30.8 Å². The monoisotopic (exact) mass is 439 g/mol. The Hall–Kier alpha value is -1.91. The van der Waals surface area contributed by atoms with E-state index in [0.29, 0.717) is 31.2 Å². The van der Waals surface area contributed by atoms with Gasteiger partial charge in [0.05, 0.1) is 17.7 Å². The van der Waals surface area contributed by atoms with E-state index in [9.17, 15) is 13.2 Å². The van der Waals surface area contributed by atoms with Gasteiger partial charge in [-0.05, 0) is 44.4 Å². The van der Waals surface area contributed by atoms with E-state index in [0.717, 1.165) is 22.6 Å². The number of sulfonamides is 1. The van der Waals surface area contributed by atoms with Crippen molar-refractivity contribution in [3.8, 4) is 5.69 Å². The summed E-state index contributed by atoms with van der Waals surface area (Å²) in [7, 11) is -3.20. The van der Waals surface area contributed by atoms with E-state index in [4.69, 9.17) is 0 Å². The number of thioether (sulfide) groups is 1. The average Bonchev–Trinajstić information content (AvgIpc) is 3.01. The third-order valence-electron chi connectivity index (χ3n) is 4.46. The molecule has 0 bridgehead atoms. The molecule has 0 aliphatic rings. The van der Waals surface area contributed by atoms with Gasteiger partial charge in [-0.3, -0.25) is 9.36 Å². The quantitative estimate of drug-likeness (QED) is 0.450. The van der Waals surface area contributed by atoms with Crippen LogP contribution < -0.4 is 5.32 Å². The van der Waals surface area contributed by atoms with Gasteiger partial charge < -0.3 is 5.32 Å². The summed E-state index contributed by atoms with van der Waals surface area (Å²) in [6, 6.07) is 6.20. The molecule has 0 saturated heterocycles. The molecule has 0 aliphatic heterocycles. The van der Waals surface area contributed by atoms with Gasteiger partial charge in [0.1, 0.15) is 5.82 Å². The zero-order valence-electron chi connectivity index (χ0n) is 17.6. The summed E-state index contributed by atoms with van der Waals surface area (Å²) in [6.07, 6.45) is 1.76. The molecule has 160 valence electrons. The van der Waals surface area contributed by atoms with Crippen LogP contribution in [0.2, 0.25) is 0 Å². The highest BCUT2D eigenvalue weighted by Crippen LogP contribution is 2.24. The van der Waals surface area contributed by atoms with E-state index < -0.39 is 10.0 Å². The van der Waals surface area contributed by atoms with Crippen LogP contribution in [-0.2, 0) is 14.8 Å². The first-order valence-electron chi connectivity index (χ1n) is 9.47. The second-order valence-corrected chi connectivity index (χ2v) is 9.83. The minimum Gasteiger partial charge on any atom is -0.355 e. The molecule has 1 amide bonds. The second kappa shape index (κ2) is 10.2. The lowest BCUT2D eigenvalue weighted by molar-refractivity contribution is -0.118. The standard InChI is InChI=1S/C19H29N5O3S2/c1-6-23(29(5,26)27)11-7-10-20-18(25)13-28-19-22-21-16(4)24(19)17-12-14(2)8-9-15(17)3/h8-9,12H,6-7,10-11,13H2,1-5H3,(H,20,25). The first kappa shape index (κ1) is 23.4. The Kier molecular flexibility index (Phi) is 8.23. The molecule has 2 aromatic rings. The largest absolute Gasteiger partial charge is 0.355 e. The Balaban J connectivity index is 1.91. The van der Waals surface area contributed by atoms with Gasteiger partial charge in [-0.15, -0.1) is 10.2 Å². The van der Waals surface area contributed by atoms with Crippen molar-refractivity contribution in [2.75, 3.05) is 31.6 Å². The first-order chi connectivity index (χ1) is 13.6. The zero-order valence-corrected chi connectivity index (χ0v) is 19.2. The van der Waals surface area contributed by atoms with Crippen LogP contribution in [0.5, 0.6) is 0 Å². The minimum atomic E-state index is -3.20. The molecule has 1 aromatic heterocycles. The lowest BCUT2D eigenvalue weighted by Crippen LogP contribution is -2.34. The molecule has 1 N–H and O–H groups in total. The van der Waals surface area contributed by atoms with Crippen LogP contribution in [0.1, 0.15) is 30.3 Å². The van der Waals surface area contributed by atoms with Crippen molar-refractivity contribution in [3.63, 3.8) is 0 Å². The number of aromatic nitrogens is 3. The Labute approximate surface area is 177 Å². The summed E-state index contributed by atoms with van der Waals surface area (Å²) in [6.45, 7) is 9.00. The van der Waals surface area contributed by atoms with Crippen molar-refractivity contribution >= 4 is 27.7 Å². The molecule has 0 aliphatic carbocycles. The maximum Gasteiger partial charge on any atom is 0.230 e. The maximum absolute atomic E-state index is 12.2. The molecule has 0 fully saturated rings. The third kappa shape index (κ3) is 6.55. The van der Waals surface area contributed by atoms with Crippen molar-refractivity contribution in [2.45, 2.75) is 39.3 Å². The smallest absolute Gasteiger partial charge is 0.230 e. The van der Waals surface area contributed by atoms with Crippen molar-refractivity contribution in [2.24, 2.45) is 0 Å². The predicted octanol–water partition coefficient (Wildman–Crippen LogP) is 2.07. The van der Waals surface area contributed by atoms with Crippen LogP contribution >= 0.6 is 11.8 Å². The van der Waals surface area contributed by atoms with E-state index in [1.165, 1.54) is 22.3 Å². The van der Waals surface area contributed by atoms with E-state index in [2.05, 4.69) is 33.7 Å². The molecule has 2 rings (SSSR count). The average molecular weight is 440 g/mol. The van der Waals surface area contributed by atoms with Crippen LogP contribution in [0.25, 0.3) is 5.69 Å².